The second-order valence-corrected chi connectivity index (χ2v) is 2.70. The van der Waals surface area contributed by atoms with Gasteiger partial charge in [-0.25, -0.2) is 0 Å². The highest BCUT2D eigenvalue weighted by atomic mass is 79.9. The normalized spacial score (nSPS) is 11.5. The number of hydrogen-bond donors (Lipinski definition) is 1. The van der Waals surface area contributed by atoms with Gasteiger partial charge in [0, 0.05) is 0 Å². The van der Waals surface area contributed by atoms with Gasteiger partial charge in [0.1, 0.15) is 43.7 Å². The number of nitrogens with two attached hydrogens (primary N) is 1. The molecular formula is C6H5Br2N5. The minimum atomic E-state index is 0.439. The van der Waals surface area contributed by atoms with Crippen LogP contribution in [0.5, 0.6) is 0 Å². The number of nitrogen functional groups attached to an aromatic ring is 1. The van der Waals surface area contributed by atoms with Crippen LogP contribution in [0.3, 0.4) is 0 Å². The number of nitrogens with zero attached hydrogens (tertiary/aromatic N) is 4. The molecule has 7 heteroatoms. The zero-order valence-corrected chi connectivity index (χ0v) is 9.53. The lowest BCUT2D eigenvalue weighted by molar-refractivity contribution is 1.31. The first-order valence-electron chi connectivity index (χ1n) is 3.22. The van der Waals surface area contributed by atoms with Crippen molar-refractivity contribution in [3.63, 3.8) is 0 Å². The molecule has 0 unspecified atom stereocenters. The molecule has 0 aliphatic rings. The predicted octanol–water partition coefficient (Wildman–Crippen LogP) is 4.06. The van der Waals surface area contributed by atoms with E-state index in [1.54, 1.807) is 18.2 Å². The van der Waals surface area contributed by atoms with Crippen molar-refractivity contribution in [3.05, 3.63) is 18.2 Å². The van der Waals surface area contributed by atoms with Crippen LogP contribution in [0.15, 0.2) is 36.7 Å². The predicted molar refractivity (Wildman–Crippen MR) is 57.7 cm³/mol. The number of para-hydroxylation sites is 1. The van der Waals surface area contributed by atoms with Crippen molar-refractivity contribution < 1.29 is 0 Å². The highest BCUT2D eigenvalue weighted by molar-refractivity contribution is 9.08. The van der Waals surface area contributed by atoms with Crippen molar-refractivity contribution in [2.75, 3.05) is 5.73 Å². The molecule has 0 aliphatic carbocycles. The Morgan fingerprint density at radius 2 is 1.46 bits per heavy atom. The zero-order valence-electron chi connectivity index (χ0n) is 6.35. The Morgan fingerprint density at radius 3 is 1.85 bits per heavy atom. The molecule has 0 amide bonds. The van der Waals surface area contributed by atoms with Crippen molar-refractivity contribution >= 4 is 49.4 Å². The average Bonchev–Trinajstić information content (AvgIpc) is 2.13. The molecule has 0 aliphatic heterocycles. The Kier molecular flexibility index (Phi) is 3.97. The van der Waals surface area contributed by atoms with Gasteiger partial charge in [0.05, 0.1) is 5.69 Å². The molecular weight excluding hydrogens is 302 g/mol. The van der Waals surface area contributed by atoms with Crippen molar-refractivity contribution in [1.82, 2.24) is 0 Å². The Balaban J connectivity index is 3.17. The SMILES string of the molecule is Nc1c(/N=N/Br)cccc1/N=N/Br. The van der Waals surface area contributed by atoms with Gasteiger partial charge in [0.25, 0.3) is 0 Å². The van der Waals surface area contributed by atoms with E-state index in [4.69, 9.17) is 5.73 Å². The minimum Gasteiger partial charge on any atom is -0.395 e. The molecule has 68 valence electrons. The fourth-order valence-corrected chi connectivity index (χ4v) is 1.14. The van der Waals surface area contributed by atoms with Crippen molar-refractivity contribution in [2.24, 2.45) is 18.5 Å². The molecule has 1 aromatic carbocycles. The summed E-state index contributed by atoms with van der Waals surface area (Å²) in [6.45, 7) is 0. The molecule has 13 heavy (non-hydrogen) atoms. The van der Waals surface area contributed by atoms with E-state index in [0.29, 0.717) is 17.1 Å². The second kappa shape index (κ2) is 5.03. The molecule has 0 fully saturated rings. The Bertz CT molecular complexity index is 319. The Hall–Kier alpha value is -0.820. The lowest BCUT2D eigenvalue weighted by Gasteiger charge is -1.99. The van der Waals surface area contributed by atoms with Gasteiger partial charge in [-0.05, 0) is 12.1 Å². The maximum absolute atomic E-state index is 5.71. The quantitative estimate of drug-likeness (QED) is 0.649. The number of hydrogen-bond acceptors (Lipinski definition) is 5. The van der Waals surface area contributed by atoms with Gasteiger partial charge in [-0.15, -0.1) is 18.5 Å². The van der Waals surface area contributed by atoms with Crippen molar-refractivity contribution in [3.8, 4) is 0 Å². The number of anilines is 1. The van der Waals surface area contributed by atoms with Crippen LogP contribution in [0.2, 0.25) is 0 Å². The number of benzene rings is 1. The van der Waals surface area contributed by atoms with Crippen LogP contribution in [0.1, 0.15) is 0 Å². The fraction of sp³-hybridized carbons (Fsp3) is 0. The molecule has 0 aromatic heterocycles. The monoisotopic (exact) mass is 305 g/mol. The van der Waals surface area contributed by atoms with E-state index >= 15 is 0 Å². The average molecular weight is 307 g/mol. The summed E-state index contributed by atoms with van der Waals surface area (Å²) >= 11 is 5.65. The van der Waals surface area contributed by atoms with Crippen molar-refractivity contribution in [2.45, 2.75) is 0 Å². The van der Waals surface area contributed by atoms with E-state index in [1.165, 1.54) is 0 Å². The summed E-state index contributed by atoms with van der Waals surface area (Å²) in [6, 6.07) is 5.23. The maximum atomic E-state index is 5.71. The third kappa shape index (κ3) is 2.56. The summed E-state index contributed by atoms with van der Waals surface area (Å²) < 4.78 is 6.88. The topological polar surface area (TPSA) is 75.5 Å². The highest BCUT2D eigenvalue weighted by Gasteiger charge is 2.02. The lowest BCUT2D eigenvalue weighted by atomic mass is 10.2. The smallest absolute Gasteiger partial charge is 0.111 e. The van der Waals surface area contributed by atoms with Crippen LogP contribution in [0, 0.1) is 0 Å². The van der Waals surface area contributed by atoms with E-state index in [1.807, 2.05) is 0 Å². The van der Waals surface area contributed by atoms with E-state index in [2.05, 4.69) is 50.8 Å². The van der Waals surface area contributed by atoms with Crippen LogP contribution >= 0.6 is 32.3 Å². The summed E-state index contributed by atoms with van der Waals surface area (Å²) in [7, 11) is 0. The third-order valence-corrected chi connectivity index (χ3v) is 1.67. The molecule has 5 nitrogen and oxygen atoms in total. The summed E-state index contributed by atoms with van der Waals surface area (Å²) in [5.74, 6) is 0. The van der Waals surface area contributed by atoms with Crippen LogP contribution in [0.25, 0.3) is 0 Å². The first kappa shape index (κ1) is 10.3. The van der Waals surface area contributed by atoms with E-state index in [0.717, 1.165) is 0 Å². The molecule has 0 radical (unpaired) electrons. The molecule has 0 heterocycles. The summed E-state index contributed by atoms with van der Waals surface area (Å²) in [5, 5.41) is 7.50. The highest BCUT2D eigenvalue weighted by Crippen LogP contribution is 2.32. The number of rotatable bonds is 2. The summed E-state index contributed by atoms with van der Waals surface area (Å²) in [4.78, 5) is 0. The summed E-state index contributed by atoms with van der Waals surface area (Å²) in [6.07, 6.45) is 0. The molecule has 1 rings (SSSR count). The molecule has 0 bridgehead atoms. The molecule has 0 saturated carbocycles. The zero-order chi connectivity index (χ0) is 9.68. The molecule has 1 aromatic rings. The first-order valence-corrected chi connectivity index (χ1v) is 4.64. The molecule has 0 atom stereocenters. The van der Waals surface area contributed by atoms with Crippen molar-refractivity contribution in [1.29, 1.82) is 0 Å². The second-order valence-electron chi connectivity index (χ2n) is 2.06. The van der Waals surface area contributed by atoms with Crippen LogP contribution in [-0.2, 0) is 0 Å². The van der Waals surface area contributed by atoms with Gasteiger partial charge < -0.3 is 5.73 Å². The van der Waals surface area contributed by atoms with Gasteiger partial charge in [-0.3, -0.25) is 0 Å². The first-order chi connectivity index (χ1) is 6.29. The minimum absolute atomic E-state index is 0.439. The number of halogens is 2. The van der Waals surface area contributed by atoms with Gasteiger partial charge in [0.15, 0.2) is 0 Å². The Morgan fingerprint density at radius 1 is 1.00 bits per heavy atom. The fourth-order valence-electron chi connectivity index (χ4n) is 0.797. The van der Waals surface area contributed by atoms with Gasteiger partial charge in [-0.2, -0.15) is 0 Å². The third-order valence-electron chi connectivity index (χ3n) is 1.35. The molecule has 0 spiro atoms. The van der Waals surface area contributed by atoms with E-state index in [-0.39, 0.29) is 0 Å². The summed E-state index contributed by atoms with van der Waals surface area (Å²) in [5.41, 5.74) is 7.25. The largest absolute Gasteiger partial charge is 0.395 e. The van der Waals surface area contributed by atoms with Gasteiger partial charge in [-0.1, -0.05) is 6.07 Å². The van der Waals surface area contributed by atoms with Crippen LogP contribution in [-0.4, -0.2) is 0 Å². The molecule has 2 N–H and O–H groups in total. The van der Waals surface area contributed by atoms with E-state index < -0.39 is 0 Å². The van der Waals surface area contributed by atoms with Crippen LogP contribution < -0.4 is 5.73 Å². The Labute approximate surface area is 91.8 Å². The molecule has 0 saturated heterocycles. The maximum Gasteiger partial charge on any atom is 0.111 e. The van der Waals surface area contributed by atoms with E-state index in [9.17, 15) is 0 Å². The lowest BCUT2D eigenvalue weighted by Crippen LogP contribution is -1.84. The van der Waals surface area contributed by atoms with Gasteiger partial charge in [0.2, 0.25) is 0 Å². The van der Waals surface area contributed by atoms with Gasteiger partial charge >= 0.3 is 0 Å². The standard InChI is InChI=1S/C6H5Br2N5/c7-12-10-4-2-1-3-5(6(4)9)11-13-8/h1-3H,9H2/b12-10+,13-11+. The van der Waals surface area contributed by atoms with Crippen LogP contribution in [0.4, 0.5) is 17.1 Å².